The summed E-state index contributed by atoms with van der Waals surface area (Å²) in [6.45, 7) is 18.7. The molecule has 0 unspecified atom stereocenters. The van der Waals surface area contributed by atoms with Crippen LogP contribution in [-0.4, -0.2) is 0 Å². The lowest BCUT2D eigenvalue weighted by Crippen LogP contribution is -2.22. The van der Waals surface area contributed by atoms with Crippen molar-refractivity contribution in [2.75, 3.05) is 0 Å². The van der Waals surface area contributed by atoms with Crippen molar-refractivity contribution >= 4 is 39.8 Å². The van der Waals surface area contributed by atoms with Crippen LogP contribution >= 0.6 is 0 Å². The zero-order chi connectivity index (χ0) is 43.7. The van der Waals surface area contributed by atoms with E-state index in [1.807, 2.05) is 19.9 Å². The fourth-order valence-electron chi connectivity index (χ4n) is 7.95. The molecule has 0 heteroatoms. The van der Waals surface area contributed by atoms with E-state index in [0.29, 0.717) is 0 Å². The third kappa shape index (κ3) is 10.7. The Morgan fingerprint density at radius 3 is 1.85 bits per heavy atom. The molecule has 0 radical (unpaired) electrons. The van der Waals surface area contributed by atoms with Crippen LogP contribution in [0.3, 0.4) is 0 Å². The molecule has 306 valence electrons. The molecule has 0 N–H and O–H groups in total. The summed E-state index contributed by atoms with van der Waals surface area (Å²) in [4.78, 5) is 0. The average Bonchev–Trinajstić information content (AvgIpc) is 3.31. The average molecular weight is 803 g/mol. The Kier molecular flexibility index (Phi) is 16.0. The van der Waals surface area contributed by atoms with Gasteiger partial charge < -0.3 is 0 Å². The highest BCUT2D eigenvalue weighted by molar-refractivity contribution is 6.19. The minimum atomic E-state index is 0.921. The van der Waals surface area contributed by atoms with Crippen molar-refractivity contribution in [3.05, 3.63) is 269 Å². The Labute approximate surface area is 370 Å². The van der Waals surface area contributed by atoms with Gasteiger partial charge in [-0.2, -0.15) is 0 Å². The largest absolute Gasteiger partial charge is 0.0990 e. The standard InChI is InChI=1S/C62H58/c1-8-14-27-47-28-23-31-55(44-47)51(39-38-50(26-11-4)48(12-5)24-9-2)29-17-15-16-18-30-54-45-56(37-36-46(54)7)52-40-42-53(43-41-52)62-59-34-21-19-32-57(59)61(49(13-6)25-10-3)58-33-20-22-35-60(58)62/h8-27,29-45H,4,7,28H2,1-3,5-6H3/b14-8-,17-15-,18-16+,24-9+,25-10-,39-38-,47-27+,48-12-,49-13+,50-26-,51-29-,54-30-. The topological polar surface area (TPSA) is 0 Å². The first kappa shape index (κ1) is 44.3. The highest BCUT2D eigenvalue weighted by Crippen LogP contribution is 2.42. The maximum absolute atomic E-state index is 4.35. The maximum Gasteiger partial charge on any atom is -0.00264 e. The lowest BCUT2D eigenvalue weighted by molar-refractivity contribution is 1.23. The number of benzene rings is 5. The molecule has 0 amide bonds. The van der Waals surface area contributed by atoms with E-state index in [1.165, 1.54) is 60.5 Å². The van der Waals surface area contributed by atoms with Gasteiger partial charge in [0.05, 0.1) is 0 Å². The van der Waals surface area contributed by atoms with Gasteiger partial charge in [0.2, 0.25) is 0 Å². The zero-order valence-corrected chi connectivity index (χ0v) is 37.0. The van der Waals surface area contributed by atoms with Gasteiger partial charge in [0.1, 0.15) is 0 Å². The van der Waals surface area contributed by atoms with Crippen LogP contribution in [-0.2, 0) is 0 Å². The van der Waals surface area contributed by atoms with E-state index >= 15 is 0 Å². The Balaban J connectivity index is 1.29. The van der Waals surface area contributed by atoms with E-state index in [0.717, 1.165) is 39.1 Å². The summed E-state index contributed by atoms with van der Waals surface area (Å²) in [5.74, 6) is 0. The van der Waals surface area contributed by atoms with Gasteiger partial charge in [0.25, 0.3) is 0 Å². The van der Waals surface area contributed by atoms with Crippen molar-refractivity contribution in [3.63, 3.8) is 0 Å². The lowest BCUT2D eigenvalue weighted by atomic mass is 9.85. The fourth-order valence-corrected chi connectivity index (χ4v) is 7.95. The van der Waals surface area contributed by atoms with E-state index in [4.69, 9.17) is 0 Å². The Morgan fingerprint density at radius 1 is 0.548 bits per heavy atom. The fraction of sp³-hybridized carbons (Fsp3) is 0.0968. The molecule has 0 nitrogen and oxygen atoms in total. The van der Waals surface area contributed by atoms with Crippen LogP contribution in [0.1, 0.15) is 46.6 Å². The quantitative estimate of drug-likeness (QED) is 0.0775. The van der Waals surface area contributed by atoms with Crippen LogP contribution in [0.2, 0.25) is 0 Å². The summed E-state index contributed by atoms with van der Waals surface area (Å²) in [7, 11) is 0. The van der Waals surface area contributed by atoms with Crippen molar-refractivity contribution in [2.24, 2.45) is 0 Å². The summed E-state index contributed by atoms with van der Waals surface area (Å²) in [6.07, 6.45) is 47.8. The number of fused-ring (bicyclic) bond motifs is 2. The molecule has 62 heavy (non-hydrogen) atoms. The normalized spacial score (nSPS) is 15.7. The van der Waals surface area contributed by atoms with Crippen molar-refractivity contribution in [1.29, 1.82) is 0 Å². The second-order valence-corrected chi connectivity index (χ2v) is 15.0. The second-order valence-electron chi connectivity index (χ2n) is 15.0. The van der Waals surface area contributed by atoms with Gasteiger partial charge in [-0.15, -0.1) is 0 Å². The summed E-state index contributed by atoms with van der Waals surface area (Å²) < 4.78 is 0. The van der Waals surface area contributed by atoms with Crippen LogP contribution in [0, 0.1) is 0 Å². The molecule has 0 heterocycles. The molecule has 6 rings (SSSR count). The first-order valence-corrected chi connectivity index (χ1v) is 21.6. The second kappa shape index (κ2) is 22.4. The molecule has 5 aromatic carbocycles. The molecule has 0 spiro atoms. The molecular weight excluding hydrogens is 745 g/mol. The van der Waals surface area contributed by atoms with Gasteiger partial charge in [-0.05, 0) is 140 Å². The van der Waals surface area contributed by atoms with Crippen LogP contribution in [0.25, 0.3) is 62.0 Å². The van der Waals surface area contributed by atoms with Crippen LogP contribution in [0.15, 0.2) is 253 Å². The molecular formula is C62H58. The van der Waals surface area contributed by atoms with E-state index < -0.39 is 0 Å². The van der Waals surface area contributed by atoms with Gasteiger partial charge >= 0.3 is 0 Å². The van der Waals surface area contributed by atoms with E-state index in [2.05, 4.69) is 253 Å². The van der Waals surface area contributed by atoms with Gasteiger partial charge in [-0.25, -0.2) is 0 Å². The Hall–Kier alpha value is -7.28. The molecule has 0 bridgehead atoms. The summed E-state index contributed by atoms with van der Waals surface area (Å²) in [6, 6.07) is 33.2. The lowest BCUT2D eigenvalue weighted by Gasteiger charge is -2.18. The smallest absolute Gasteiger partial charge is 0.00264 e. The van der Waals surface area contributed by atoms with E-state index in [-0.39, 0.29) is 0 Å². The molecule has 1 aliphatic rings. The first-order chi connectivity index (χ1) is 30.4. The Morgan fingerprint density at radius 2 is 1.21 bits per heavy atom. The molecule has 0 aromatic heterocycles. The molecule has 5 aromatic rings. The summed E-state index contributed by atoms with van der Waals surface area (Å²) in [5.41, 5.74) is 13.1. The Bertz CT molecular complexity index is 2900. The predicted molar refractivity (Wildman–Crippen MR) is 277 cm³/mol. The monoisotopic (exact) mass is 802 g/mol. The van der Waals surface area contributed by atoms with Crippen LogP contribution < -0.4 is 10.4 Å². The summed E-state index contributed by atoms with van der Waals surface area (Å²) >= 11 is 0. The van der Waals surface area contributed by atoms with E-state index in [9.17, 15) is 0 Å². The highest BCUT2D eigenvalue weighted by atomic mass is 14.2. The van der Waals surface area contributed by atoms with Gasteiger partial charge in [0, 0.05) is 0 Å². The van der Waals surface area contributed by atoms with Crippen molar-refractivity contribution < 1.29 is 0 Å². The number of hydrogen-bond donors (Lipinski definition) is 0. The van der Waals surface area contributed by atoms with Gasteiger partial charge in [-0.1, -0.05) is 232 Å². The van der Waals surface area contributed by atoms with Crippen molar-refractivity contribution in [3.8, 4) is 22.3 Å². The summed E-state index contributed by atoms with van der Waals surface area (Å²) in [5, 5.41) is 7.11. The third-order valence-electron chi connectivity index (χ3n) is 11.0. The molecule has 1 aliphatic carbocycles. The number of rotatable bonds is 14. The van der Waals surface area contributed by atoms with E-state index in [1.54, 1.807) is 0 Å². The zero-order valence-electron chi connectivity index (χ0n) is 37.0. The predicted octanol–water partition coefficient (Wildman–Crippen LogP) is 16.1. The molecule has 0 fully saturated rings. The first-order valence-electron chi connectivity index (χ1n) is 21.6. The number of hydrogen-bond acceptors (Lipinski definition) is 0. The molecule has 0 saturated carbocycles. The minimum Gasteiger partial charge on any atom is -0.0990 e. The SMILES string of the molecule is C=C/C=C(/C=C\C(=C\C=C/C=C/C=c1/cc(-c2ccc(-c3c4ccccc4c(C(/C=C\C)=C/C)c4ccccc34)cc2)ccc1=C)C1=C/C(=C/C=C\C)CC=C1)C(=C/C)\C=C\C. The van der Waals surface area contributed by atoms with Gasteiger partial charge in [-0.3, -0.25) is 0 Å². The maximum atomic E-state index is 4.35. The minimum absolute atomic E-state index is 0.921. The van der Waals surface area contributed by atoms with Crippen molar-refractivity contribution in [2.45, 2.75) is 41.0 Å². The molecule has 0 aliphatic heterocycles. The van der Waals surface area contributed by atoms with Crippen LogP contribution in [0.4, 0.5) is 0 Å². The van der Waals surface area contributed by atoms with Gasteiger partial charge in [0.15, 0.2) is 0 Å². The number of allylic oxidation sites excluding steroid dienone is 27. The molecule has 0 saturated heterocycles. The molecule has 0 atom stereocenters. The highest BCUT2D eigenvalue weighted by Gasteiger charge is 2.16. The van der Waals surface area contributed by atoms with Crippen molar-refractivity contribution in [1.82, 2.24) is 0 Å². The third-order valence-corrected chi connectivity index (χ3v) is 11.0. The van der Waals surface area contributed by atoms with Crippen LogP contribution in [0.5, 0.6) is 0 Å².